The highest BCUT2D eigenvalue weighted by Gasteiger charge is 2.10. The van der Waals surface area contributed by atoms with Gasteiger partial charge in [-0.3, -0.25) is 11.3 Å². The summed E-state index contributed by atoms with van der Waals surface area (Å²) in [5, 5.41) is 0. The average molecular weight is 256 g/mol. The van der Waals surface area contributed by atoms with E-state index < -0.39 is 6.61 Å². The van der Waals surface area contributed by atoms with Gasteiger partial charge in [0.1, 0.15) is 5.75 Å². The van der Waals surface area contributed by atoms with E-state index in [-0.39, 0.29) is 11.8 Å². The Morgan fingerprint density at radius 2 is 2.00 bits per heavy atom. The minimum Gasteiger partial charge on any atom is -0.435 e. The number of allylic oxidation sites excluding steroid dienone is 1. The van der Waals surface area contributed by atoms with Crippen LogP contribution < -0.4 is 16.0 Å². The Morgan fingerprint density at radius 3 is 2.44 bits per heavy atom. The topological polar surface area (TPSA) is 47.3 Å². The predicted molar refractivity (Wildman–Crippen MR) is 67.2 cm³/mol. The lowest BCUT2D eigenvalue weighted by molar-refractivity contribution is -0.0498. The van der Waals surface area contributed by atoms with E-state index >= 15 is 0 Å². The zero-order valence-corrected chi connectivity index (χ0v) is 10.3. The number of alkyl halides is 2. The van der Waals surface area contributed by atoms with E-state index in [0.29, 0.717) is 0 Å². The molecule has 100 valence electrons. The van der Waals surface area contributed by atoms with Crippen molar-refractivity contribution in [2.24, 2.45) is 5.84 Å². The molecule has 0 amide bonds. The highest BCUT2D eigenvalue weighted by Crippen LogP contribution is 2.22. The second kappa shape index (κ2) is 7.08. The molecule has 0 heterocycles. The first kappa shape index (κ1) is 14.6. The van der Waals surface area contributed by atoms with E-state index in [1.807, 2.05) is 6.92 Å². The fourth-order valence-electron chi connectivity index (χ4n) is 1.62. The second-order valence-corrected chi connectivity index (χ2v) is 4.16. The maximum absolute atomic E-state index is 12.0. The summed E-state index contributed by atoms with van der Waals surface area (Å²) in [6.45, 7) is 2.98. The van der Waals surface area contributed by atoms with Crippen LogP contribution in [0.15, 0.2) is 36.4 Å². The van der Waals surface area contributed by atoms with Crippen molar-refractivity contribution in [2.75, 3.05) is 0 Å². The molecule has 0 fully saturated rings. The van der Waals surface area contributed by atoms with E-state index in [9.17, 15) is 8.78 Å². The molecule has 0 spiro atoms. The third-order valence-corrected chi connectivity index (χ3v) is 2.57. The van der Waals surface area contributed by atoms with Crippen molar-refractivity contribution in [3.05, 3.63) is 42.0 Å². The van der Waals surface area contributed by atoms with Gasteiger partial charge in [-0.15, -0.1) is 6.58 Å². The van der Waals surface area contributed by atoms with E-state index in [2.05, 4.69) is 16.7 Å². The van der Waals surface area contributed by atoms with Crippen LogP contribution in [-0.2, 0) is 0 Å². The van der Waals surface area contributed by atoms with Crippen molar-refractivity contribution in [1.82, 2.24) is 5.43 Å². The van der Waals surface area contributed by atoms with Crippen molar-refractivity contribution < 1.29 is 13.5 Å². The van der Waals surface area contributed by atoms with Crippen LogP contribution in [0.5, 0.6) is 5.75 Å². The van der Waals surface area contributed by atoms with E-state index in [4.69, 9.17) is 5.84 Å². The number of nitrogens with two attached hydrogens (primary N) is 1. The number of benzene rings is 1. The molecule has 1 atom stereocenters. The van der Waals surface area contributed by atoms with Gasteiger partial charge in [0.15, 0.2) is 0 Å². The Balaban J connectivity index is 2.66. The lowest BCUT2D eigenvalue weighted by Crippen LogP contribution is -2.28. The molecule has 1 rings (SSSR count). The molecule has 1 aromatic carbocycles. The lowest BCUT2D eigenvalue weighted by atomic mass is 10.0. The van der Waals surface area contributed by atoms with E-state index in [1.54, 1.807) is 12.1 Å². The van der Waals surface area contributed by atoms with Crippen LogP contribution in [0.4, 0.5) is 8.78 Å². The van der Waals surface area contributed by atoms with Crippen molar-refractivity contribution in [2.45, 2.75) is 32.4 Å². The molecule has 3 nitrogen and oxygen atoms in total. The van der Waals surface area contributed by atoms with Gasteiger partial charge in [0.25, 0.3) is 0 Å². The first-order valence-electron chi connectivity index (χ1n) is 5.68. The molecular formula is C13H18F2N2O. The number of hydrogen-bond donors (Lipinski definition) is 2. The Kier molecular flexibility index (Phi) is 5.74. The van der Waals surface area contributed by atoms with Gasteiger partial charge >= 0.3 is 6.61 Å². The van der Waals surface area contributed by atoms with E-state index in [1.165, 1.54) is 12.1 Å². The molecule has 1 aromatic rings. The maximum atomic E-state index is 12.0. The average Bonchev–Trinajstić information content (AvgIpc) is 2.31. The molecule has 1 unspecified atom stereocenters. The van der Waals surface area contributed by atoms with Crippen molar-refractivity contribution in [1.29, 1.82) is 0 Å². The largest absolute Gasteiger partial charge is 0.435 e. The predicted octanol–water partition coefficient (Wildman–Crippen LogP) is 3.15. The second-order valence-electron chi connectivity index (χ2n) is 4.16. The van der Waals surface area contributed by atoms with Gasteiger partial charge in [0.2, 0.25) is 0 Å². The summed E-state index contributed by atoms with van der Waals surface area (Å²) in [6.07, 6.45) is 1.66. The molecule has 5 heteroatoms. The molecule has 3 N–H and O–H groups in total. The van der Waals surface area contributed by atoms with Gasteiger partial charge < -0.3 is 4.74 Å². The zero-order chi connectivity index (χ0) is 13.5. The minimum absolute atomic E-state index is 0.0256. The maximum Gasteiger partial charge on any atom is 0.387 e. The summed E-state index contributed by atoms with van der Waals surface area (Å²) in [4.78, 5) is 0. The first-order chi connectivity index (χ1) is 8.52. The number of nitrogens with one attached hydrogen (secondary N) is 1. The standard InChI is InChI=1S/C13H18F2N2O/c1-9(2)3-8-12(17-16)10-4-6-11(7-5-10)18-13(14)15/h4-7,12-13,17H,1,3,8,16H2,2H3. The van der Waals surface area contributed by atoms with Crippen LogP contribution >= 0.6 is 0 Å². The Morgan fingerprint density at radius 1 is 1.39 bits per heavy atom. The Labute approximate surface area is 106 Å². The van der Waals surface area contributed by atoms with Crippen molar-refractivity contribution in [3.8, 4) is 5.75 Å². The number of halogens is 2. The summed E-state index contributed by atoms with van der Waals surface area (Å²) < 4.78 is 28.3. The van der Waals surface area contributed by atoms with E-state index in [0.717, 1.165) is 24.0 Å². The number of hydrazine groups is 1. The normalized spacial score (nSPS) is 12.5. The molecule has 18 heavy (non-hydrogen) atoms. The van der Waals surface area contributed by atoms with Gasteiger partial charge in [-0.05, 0) is 37.5 Å². The molecule has 0 aliphatic rings. The van der Waals surface area contributed by atoms with Crippen LogP contribution in [0.3, 0.4) is 0 Å². The van der Waals surface area contributed by atoms with Crippen molar-refractivity contribution in [3.63, 3.8) is 0 Å². The van der Waals surface area contributed by atoms with Crippen LogP contribution in [-0.4, -0.2) is 6.61 Å². The molecule has 0 aliphatic heterocycles. The number of ether oxygens (including phenoxy) is 1. The lowest BCUT2D eigenvalue weighted by Gasteiger charge is -2.16. The molecule has 0 aromatic heterocycles. The first-order valence-corrected chi connectivity index (χ1v) is 5.68. The Hall–Kier alpha value is -1.46. The molecule has 0 aliphatic carbocycles. The molecule has 0 bridgehead atoms. The molecule has 0 saturated heterocycles. The fraction of sp³-hybridized carbons (Fsp3) is 0.385. The minimum atomic E-state index is -2.80. The summed E-state index contributed by atoms with van der Waals surface area (Å²) >= 11 is 0. The molecule has 0 saturated carbocycles. The molecular weight excluding hydrogens is 238 g/mol. The third kappa shape index (κ3) is 4.81. The third-order valence-electron chi connectivity index (χ3n) is 2.57. The fourth-order valence-corrected chi connectivity index (χ4v) is 1.62. The van der Waals surface area contributed by atoms with Crippen LogP contribution in [0.25, 0.3) is 0 Å². The smallest absolute Gasteiger partial charge is 0.387 e. The monoisotopic (exact) mass is 256 g/mol. The molecule has 0 radical (unpaired) electrons. The van der Waals surface area contributed by atoms with Gasteiger partial charge in [-0.25, -0.2) is 0 Å². The van der Waals surface area contributed by atoms with Crippen LogP contribution in [0, 0.1) is 0 Å². The van der Waals surface area contributed by atoms with Gasteiger partial charge in [0, 0.05) is 6.04 Å². The highest BCUT2D eigenvalue weighted by atomic mass is 19.3. The van der Waals surface area contributed by atoms with Crippen LogP contribution in [0.2, 0.25) is 0 Å². The number of hydrogen-bond acceptors (Lipinski definition) is 3. The summed E-state index contributed by atoms with van der Waals surface area (Å²) in [5.74, 6) is 5.62. The van der Waals surface area contributed by atoms with Gasteiger partial charge in [-0.1, -0.05) is 17.7 Å². The van der Waals surface area contributed by atoms with Gasteiger partial charge in [-0.2, -0.15) is 8.78 Å². The Bertz CT molecular complexity index is 379. The van der Waals surface area contributed by atoms with Gasteiger partial charge in [0.05, 0.1) is 0 Å². The summed E-state index contributed by atoms with van der Waals surface area (Å²) in [7, 11) is 0. The quantitative estimate of drug-likeness (QED) is 0.447. The summed E-state index contributed by atoms with van der Waals surface area (Å²) in [6, 6.07) is 6.43. The number of rotatable bonds is 7. The SMILES string of the molecule is C=C(C)CCC(NN)c1ccc(OC(F)F)cc1. The van der Waals surface area contributed by atoms with Crippen LogP contribution in [0.1, 0.15) is 31.4 Å². The zero-order valence-electron chi connectivity index (χ0n) is 10.3. The van der Waals surface area contributed by atoms with Crippen molar-refractivity contribution >= 4 is 0 Å². The summed E-state index contributed by atoms with van der Waals surface area (Å²) in [5.41, 5.74) is 4.71. The highest BCUT2D eigenvalue weighted by molar-refractivity contribution is 5.29.